The summed E-state index contributed by atoms with van der Waals surface area (Å²) in [4.78, 5) is 12.4. The third-order valence-corrected chi connectivity index (χ3v) is 4.02. The van der Waals surface area contributed by atoms with Gasteiger partial charge in [-0.2, -0.15) is 0 Å². The van der Waals surface area contributed by atoms with Crippen LogP contribution in [0, 0.1) is 5.41 Å². The fourth-order valence-electron chi connectivity index (χ4n) is 2.64. The molecular weight excluding hydrogens is 248 g/mol. The van der Waals surface area contributed by atoms with Crippen LogP contribution in [0.25, 0.3) is 0 Å². The molecule has 1 aliphatic rings. The highest BCUT2D eigenvalue weighted by atomic mass is 16.2. The summed E-state index contributed by atoms with van der Waals surface area (Å²) in [7, 11) is 0. The maximum atomic E-state index is 12.4. The predicted molar refractivity (Wildman–Crippen MR) is 82.2 cm³/mol. The maximum absolute atomic E-state index is 12.4. The standard InChI is InChI=1S/C17H26N2O/c1-16(2,3)12-14(13-8-5-4-6-9-13)19-15(20)17(18)10-7-11-17/h4-6,8-9,14H,7,10-12,18H2,1-3H3,(H,19,20). The van der Waals surface area contributed by atoms with Gasteiger partial charge < -0.3 is 11.1 Å². The van der Waals surface area contributed by atoms with Crippen molar-refractivity contribution in [3.8, 4) is 0 Å². The number of hydrogen-bond donors (Lipinski definition) is 2. The van der Waals surface area contributed by atoms with Gasteiger partial charge in [-0.1, -0.05) is 51.1 Å². The third-order valence-electron chi connectivity index (χ3n) is 4.02. The van der Waals surface area contributed by atoms with Crippen molar-refractivity contribution >= 4 is 5.91 Å². The van der Waals surface area contributed by atoms with Crippen molar-refractivity contribution in [2.45, 2.75) is 58.0 Å². The first-order chi connectivity index (χ1) is 9.30. The molecule has 20 heavy (non-hydrogen) atoms. The summed E-state index contributed by atoms with van der Waals surface area (Å²) in [6.07, 6.45) is 3.56. The summed E-state index contributed by atoms with van der Waals surface area (Å²) in [6, 6.07) is 10.2. The molecule has 1 aromatic rings. The van der Waals surface area contributed by atoms with E-state index in [4.69, 9.17) is 5.73 Å². The van der Waals surface area contributed by atoms with Gasteiger partial charge in [0.05, 0.1) is 11.6 Å². The van der Waals surface area contributed by atoms with Crippen molar-refractivity contribution in [2.75, 3.05) is 0 Å². The van der Waals surface area contributed by atoms with E-state index in [0.29, 0.717) is 0 Å². The Morgan fingerprint density at radius 2 is 1.90 bits per heavy atom. The zero-order chi connectivity index (χ0) is 14.8. The smallest absolute Gasteiger partial charge is 0.240 e. The average Bonchev–Trinajstić information content (AvgIpc) is 2.34. The quantitative estimate of drug-likeness (QED) is 0.886. The van der Waals surface area contributed by atoms with E-state index in [1.165, 1.54) is 0 Å². The average molecular weight is 274 g/mol. The number of nitrogens with one attached hydrogen (secondary N) is 1. The molecule has 0 aliphatic heterocycles. The number of carbonyl (C=O) groups excluding carboxylic acids is 1. The van der Waals surface area contributed by atoms with E-state index in [2.05, 4.69) is 38.2 Å². The summed E-state index contributed by atoms with van der Waals surface area (Å²) in [6.45, 7) is 6.57. The second-order valence-electron chi connectivity index (χ2n) is 7.21. The minimum atomic E-state index is -0.634. The molecule has 1 amide bonds. The Labute approximate surface area is 121 Å². The molecule has 0 saturated heterocycles. The van der Waals surface area contributed by atoms with Gasteiger partial charge in [0.1, 0.15) is 0 Å². The lowest BCUT2D eigenvalue weighted by atomic mass is 9.76. The zero-order valence-corrected chi connectivity index (χ0v) is 12.8. The van der Waals surface area contributed by atoms with E-state index in [-0.39, 0.29) is 17.4 Å². The Hall–Kier alpha value is -1.35. The Kier molecular flexibility index (Phi) is 4.19. The molecule has 0 bridgehead atoms. The second kappa shape index (κ2) is 5.57. The summed E-state index contributed by atoms with van der Waals surface area (Å²) in [5, 5.41) is 3.17. The number of rotatable bonds is 4. The van der Waals surface area contributed by atoms with Gasteiger partial charge >= 0.3 is 0 Å². The summed E-state index contributed by atoms with van der Waals surface area (Å²) < 4.78 is 0. The molecule has 0 aromatic heterocycles. The van der Waals surface area contributed by atoms with Crippen LogP contribution in [0.15, 0.2) is 30.3 Å². The summed E-state index contributed by atoms with van der Waals surface area (Å²) in [5.74, 6) is 0.00172. The van der Waals surface area contributed by atoms with E-state index >= 15 is 0 Å². The van der Waals surface area contributed by atoms with Crippen molar-refractivity contribution in [3.63, 3.8) is 0 Å². The first-order valence-electron chi connectivity index (χ1n) is 7.45. The molecule has 1 saturated carbocycles. The van der Waals surface area contributed by atoms with Crippen molar-refractivity contribution in [2.24, 2.45) is 11.1 Å². The van der Waals surface area contributed by atoms with Gasteiger partial charge in [0.2, 0.25) is 5.91 Å². The first kappa shape index (κ1) is 15.0. The predicted octanol–water partition coefficient (Wildman–Crippen LogP) is 3.16. The molecule has 2 rings (SSSR count). The van der Waals surface area contributed by atoms with E-state index < -0.39 is 5.54 Å². The van der Waals surface area contributed by atoms with Crippen LogP contribution >= 0.6 is 0 Å². The minimum absolute atomic E-state index is 0.00172. The second-order valence-corrected chi connectivity index (χ2v) is 7.21. The van der Waals surface area contributed by atoms with E-state index in [1.807, 2.05) is 18.2 Å². The van der Waals surface area contributed by atoms with E-state index in [9.17, 15) is 4.79 Å². The molecule has 0 spiro atoms. The summed E-state index contributed by atoms with van der Waals surface area (Å²) >= 11 is 0. The highest BCUT2D eigenvalue weighted by molar-refractivity contribution is 5.87. The van der Waals surface area contributed by atoms with E-state index in [0.717, 1.165) is 31.2 Å². The van der Waals surface area contributed by atoms with Crippen LogP contribution in [-0.4, -0.2) is 11.4 Å². The van der Waals surface area contributed by atoms with Crippen LogP contribution in [0.2, 0.25) is 0 Å². The number of hydrogen-bond acceptors (Lipinski definition) is 2. The minimum Gasteiger partial charge on any atom is -0.348 e. The Morgan fingerprint density at radius 1 is 1.30 bits per heavy atom. The Bertz CT molecular complexity index is 458. The molecule has 1 aromatic carbocycles. The highest BCUT2D eigenvalue weighted by Gasteiger charge is 2.41. The monoisotopic (exact) mass is 274 g/mol. The van der Waals surface area contributed by atoms with Gasteiger partial charge in [0.15, 0.2) is 0 Å². The molecule has 3 N–H and O–H groups in total. The molecule has 1 aliphatic carbocycles. The molecule has 3 heteroatoms. The lowest BCUT2D eigenvalue weighted by molar-refractivity contribution is -0.130. The van der Waals surface area contributed by atoms with Crippen molar-refractivity contribution < 1.29 is 4.79 Å². The number of nitrogens with two attached hydrogens (primary N) is 1. The molecule has 0 radical (unpaired) electrons. The van der Waals surface area contributed by atoms with Crippen LogP contribution < -0.4 is 11.1 Å². The van der Waals surface area contributed by atoms with Gasteiger partial charge in [0.25, 0.3) is 0 Å². The van der Waals surface area contributed by atoms with Crippen molar-refractivity contribution in [1.82, 2.24) is 5.32 Å². The fourth-order valence-corrected chi connectivity index (χ4v) is 2.64. The fraction of sp³-hybridized carbons (Fsp3) is 0.588. The van der Waals surface area contributed by atoms with Crippen LogP contribution in [0.4, 0.5) is 0 Å². The van der Waals surface area contributed by atoms with Gasteiger partial charge in [-0.3, -0.25) is 4.79 Å². The Morgan fingerprint density at radius 3 is 2.35 bits per heavy atom. The van der Waals surface area contributed by atoms with Crippen LogP contribution in [0.5, 0.6) is 0 Å². The molecule has 110 valence electrons. The Balaban J connectivity index is 2.13. The number of benzene rings is 1. The topological polar surface area (TPSA) is 55.1 Å². The number of carbonyl (C=O) groups is 1. The third kappa shape index (κ3) is 3.60. The van der Waals surface area contributed by atoms with Crippen LogP contribution in [0.1, 0.15) is 58.1 Å². The molecule has 1 atom stereocenters. The van der Waals surface area contributed by atoms with Gasteiger partial charge in [-0.05, 0) is 36.7 Å². The normalized spacial score (nSPS) is 19.0. The maximum Gasteiger partial charge on any atom is 0.240 e. The van der Waals surface area contributed by atoms with Crippen LogP contribution in [-0.2, 0) is 4.79 Å². The molecule has 3 nitrogen and oxygen atoms in total. The molecule has 1 unspecified atom stereocenters. The van der Waals surface area contributed by atoms with Gasteiger partial charge in [0, 0.05) is 0 Å². The van der Waals surface area contributed by atoms with E-state index in [1.54, 1.807) is 0 Å². The van der Waals surface area contributed by atoms with Gasteiger partial charge in [-0.15, -0.1) is 0 Å². The van der Waals surface area contributed by atoms with Crippen molar-refractivity contribution in [1.29, 1.82) is 0 Å². The molecular formula is C17H26N2O. The lowest BCUT2D eigenvalue weighted by Crippen LogP contribution is -2.59. The highest BCUT2D eigenvalue weighted by Crippen LogP contribution is 2.33. The lowest BCUT2D eigenvalue weighted by Gasteiger charge is -2.38. The summed E-state index contributed by atoms with van der Waals surface area (Å²) in [5.41, 5.74) is 6.79. The van der Waals surface area contributed by atoms with Crippen molar-refractivity contribution in [3.05, 3.63) is 35.9 Å². The molecule has 0 heterocycles. The molecule has 1 fully saturated rings. The van der Waals surface area contributed by atoms with Gasteiger partial charge in [-0.25, -0.2) is 0 Å². The largest absolute Gasteiger partial charge is 0.348 e. The first-order valence-corrected chi connectivity index (χ1v) is 7.45. The SMILES string of the molecule is CC(C)(C)CC(NC(=O)C1(N)CCC1)c1ccccc1. The van der Waals surface area contributed by atoms with Crippen LogP contribution in [0.3, 0.4) is 0 Å². The number of amides is 1. The zero-order valence-electron chi connectivity index (χ0n) is 12.8.